The standard InChI is InChI=1S/C50H34N4O4/c55-34-12-4-8-30(26-34)47-39-18-20-41(51-39)48(31-9-5-13-35(56)27-31)43-22-24-45(53-43)50(33-11-7-17-38(29-33)58-37-15-2-1-3-16-37)46-25-23-44(54-46)49(42-21-19-40(47)52-42)32-10-6-14-36(57)28-32/h1-29,51,54-57H. The van der Waals surface area contributed by atoms with Crippen LogP contribution in [0.3, 0.4) is 0 Å². The Bertz CT molecular complexity index is 3100. The van der Waals surface area contributed by atoms with Gasteiger partial charge in [-0.05, 0) is 131 Å². The van der Waals surface area contributed by atoms with Crippen molar-refractivity contribution in [3.8, 4) is 73.3 Å². The summed E-state index contributed by atoms with van der Waals surface area (Å²) in [6, 6.07) is 47.1. The first kappa shape index (κ1) is 34.4. The van der Waals surface area contributed by atoms with Crippen molar-refractivity contribution < 1.29 is 20.1 Å². The fraction of sp³-hybridized carbons (Fsp3) is 0. The zero-order chi connectivity index (χ0) is 39.2. The number of phenolic OH excluding ortho intramolecular Hbond substituents is 3. The second kappa shape index (κ2) is 14.2. The zero-order valence-electron chi connectivity index (χ0n) is 30.9. The lowest BCUT2D eigenvalue weighted by Gasteiger charge is -2.09. The van der Waals surface area contributed by atoms with Crippen LogP contribution in [-0.4, -0.2) is 35.3 Å². The molecule has 0 saturated carbocycles. The minimum absolute atomic E-state index is 0.131. The van der Waals surface area contributed by atoms with Gasteiger partial charge in [0.25, 0.3) is 0 Å². The number of H-pyrrole nitrogens is 2. The predicted molar refractivity (Wildman–Crippen MR) is 232 cm³/mol. The van der Waals surface area contributed by atoms with Crippen LogP contribution in [0.4, 0.5) is 0 Å². The molecule has 278 valence electrons. The number of hydrogen-bond donors (Lipinski definition) is 5. The lowest BCUT2D eigenvalue weighted by molar-refractivity contribution is 0.475. The maximum atomic E-state index is 10.7. The number of ether oxygens (including phenoxy) is 1. The van der Waals surface area contributed by atoms with E-state index in [9.17, 15) is 15.3 Å². The van der Waals surface area contributed by atoms with E-state index in [1.165, 1.54) is 0 Å². The zero-order valence-corrected chi connectivity index (χ0v) is 30.9. The number of aromatic amines is 2. The molecule has 0 atom stereocenters. The lowest BCUT2D eigenvalue weighted by Crippen LogP contribution is -1.90. The van der Waals surface area contributed by atoms with Crippen molar-refractivity contribution in [1.82, 2.24) is 19.9 Å². The van der Waals surface area contributed by atoms with Crippen molar-refractivity contribution >= 4 is 46.4 Å². The van der Waals surface area contributed by atoms with Gasteiger partial charge in [-0.1, -0.05) is 66.7 Å². The van der Waals surface area contributed by atoms with Gasteiger partial charge >= 0.3 is 0 Å². The first-order valence-corrected chi connectivity index (χ1v) is 18.8. The van der Waals surface area contributed by atoms with Crippen LogP contribution < -0.4 is 4.74 Å². The second-order valence-corrected chi connectivity index (χ2v) is 14.1. The van der Waals surface area contributed by atoms with Gasteiger partial charge in [0, 0.05) is 44.3 Å². The number of phenols is 3. The Balaban J connectivity index is 1.34. The Morgan fingerprint density at radius 2 is 0.690 bits per heavy atom. The molecule has 0 fully saturated rings. The largest absolute Gasteiger partial charge is 0.508 e. The van der Waals surface area contributed by atoms with E-state index in [1.54, 1.807) is 36.4 Å². The molecule has 3 aromatic heterocycles. The van der Waals surface area contributed by atoms with Crippen molar-refractivity contribution in [3.05, 3.63) is 174 Å². The molecule has 10 rings (SSSR count). The van der Waals surface area contributed by atoms with Crippen molar-refractivity contribution in [1.29, 1.82) is 0 Å². The van der Waals surface area contributed by atoms with Gasteiger partial charge in [0.2, 0.25) is 0 Å². The molecule has 2 aliphatic heterocycles. The molecule has 5 N–H and O–H groups in total. The molecule has 8 heteroatoms. The van der Waals surface area contributed by atoms with Crippen molar-refractivity contribution in [2.24, 2.45) is 0 Å². The molecular weight excluding hydrogens is 721 g/mol. The van der Waals surface area contributed by atoms with Gasteiger partial charge in [-0.2, -0.15) is 0 Å². The molecular formula is C50H34N4O4. The molecule has 8 bridgehead atoms. The van der Waals surface area contributed by atoms with Crippen LogP contribution in [0.25, 0.3) is 90.9 Å². The monoisotopic (exact) mass is 754 g/mol. The summed E-state index contributed by atoms with van der Waals surface area (Å²) in [5.74, 6) is 1.80. The van der Waals surface area contributed by atoms with E-state index in [1.807, 2.05) is 140 Å². The molecule has 8 aromatic rings. The number of fused-ring (bicyclic) bond motifs is 8. The molecule has 0 radical (unpaired) electrons. The highest BCUT2D eigenvalue weighted by molar-refractivity contribution is 6.00. The third-order valence-electron chi connectivity index (χ3n) is 10.3. The Kier molecular flexibility index (Phi) is 8.42. The van der Waals surface area contributed by atoms with Gasteiger partial charge in [0.15, 0.2) is 0 Å². The minimum Gasteiger partial charge on any atom is -0.508 e. The van der Waals surface area contributed by atoms with Gasteiger partial charge in [0.1, 0.15) is 28.7 Å². The molecule has 0 aliphatic carbocycles. The number of rotatable bonds is 6. The van der Waals surface area contributed by atoms with Crippen LogP contribution in [0.2, 0.25) is 0 Å². The molecule has 0 amide bonds. The lowest BCUT2D eigenvalue weighted by atomic mass is 10.0. The normalized spacial score (nSPS) is 11.9. The Morgan fingerprint density at radius 3 is 1.07 bits per heavy atom. The van der Waals surface area contributed by atoms with Crippen LogP contribution in [0, 0.1) is 0 Å². The third kappa shape index (κ3) is 6.44. The van der Waals surface area contributed by atoms with E-state index in [0.29, 0.717) is 22.8 Å². The first-order valence-electron chi connectivity index (χ1n) is 18.8. The minimum atomic E-state index is 0.131. The first-order chi connectivity index (χ1) is 28.4. The summed E-state index contributed by atoms with van der Waals surface area (Å²) in [4.78, 5) is 18.0. The van der Waals surface area contributed by atoms with E-state index in [4.69, 9.17) is 14.7 Å². The Hall–Kier alpha value is -8.10. The van der Waals surface area contributed by atoms with E-state index in [2.05, 4.69) is 9.97 Å². The number of nitrogens with zero attached hydrogens (tertiary/aromatic N) is 2. The summed E-state index contributed by atoms with van der Waals surface area (Å²) < 4.78 is 6.30. The molecule has 0 spiro atoms. The average molecular weight is 755 g/mol. The van der Waals surface area contributed by atoms with Crippen LogP contribution in [0.15, 0.2) is 152 Å². The summed E-state index contributed by atoms with van der Waals surface area (Å²) in [6.45, 7) is 0. The van der Waals surface area contributed by atoms with Gasteiger partial charge in [-0.25, -0.2) is 9.97 Å². The maximum Gasteiger partial charge on any atom is 0.128 e. The third-order valence-corrected chi connectivity index (χ3v) is 10.3. The second-order valence-electron chi connectivity index (χ2n) is 14.1. The number of aromatic nitrogens is 4. The van der Waals surface area contributed by atoms with Gasteiger partial charge in [0.05, 0.1) is 22.8 Å². The van der Waals surface area contributed by atoms with E-state index >= 15 is 0 Å². The smallest absolute Gasteiger partial charge is 0.128 e. The van der Waals surface area contributed by atoms with Crippen LogP contribution in [0.5, 0.6) is 28.7 Å². The predicted octanol–water partition coefficient (Wildman–Crippen LogP) is 12.2. The van der Waals surface area contributed by atoms with E-state index in [-0.39, 0.29) is 17.2 Å². The summed E-state index contributed by atoms with van der Waals surface area (Å²) >= 11 is 0. The summed E-state index contributed by atoms with van der Waals surface area (Å²) in [5.41, 5.74) is 12.3. The summed E-state index contributed by atoms with van der Waals surface area (Å²) in [5, 5.41) is 32.0. The SMILES string of the molecule is Oc1cccc(-c2c3nc(c(-c4cccc(O)c4)c4ccc([nH]4)c(-c4cccc(Oc5ccccc5)c4)c4nc(c(-c5cccc(O)c5)c5ccc2[nH]5)C=C4)C=C3)c1. The van der Waals surface area contributed by atoms with Gasteiger partial charge in [-0.3, -0.25) is 0 Å². The number of para-hydroxylation sites is 1. The average Bonchev–Trinajstić information content (AvgIpc) is 4.07. The number of nitrogens with one attached hydrogen (secondary N) is 2. The quantitative estimate of drug-likeness (QED) is 0.115. The van der Waals surface area contributed by atoms with Crippen LogP contribution in [0.1, 0.15) is 22.8 Å². The fourth-order valence-electron chi connectivity index (χ4n) is 7.74. The molecule has 5 heterocycles. The van der Waals surface area contributed by atoms with Crippen molar-refractivity contribution in [2.45, 2.75) is 0 Å². The Morgan fingerprint density at radius 1 is 0.345 bits per heavy atom. The van der Waals surface area contributed by atoms with Crippen LogP contribution >= 0.6 is 0 Å². The van der Waals surface area contributed by atoms with Crippen molar-refractivity contribution in [3.63, 3.8) is 0 Å². The highest BCUT2D eigenvalue weighted by Gasteiger charge is 2.20. The summed E-state index contributed by atoms with van der Waals surface area (Å²) in [6.07, 6.45) is 7.95. The Labute approximate surface area is 333 Å². The highest BCUT2D eigenvalue weighted by Crippen LogP contribution is 2.40. The summed E-state index contributed by atoms with van der Waals surface area (Å²) in [7, 11) is 0. The van der Waals surface area contributed by atoms with E-state index < -0.39 is 0 Å². The van der Waals surface area contributed by atoms with E-state index in [0.717, 1.165) is 78.0 Å². The van der Waals surface area contributed by atoms with Crippen LogP contribution in [-0.2, 0) is 0 Å². The number of aromatic hydroxyl groups is 3. The molecule has 5 aromatic carbocycles. The maximum absolute atomic E-state index is 10.7. The molecule has 8 nitrogen and oxygen atoms in total. The number of benzene rings is 5. The molecule has 58 heavy (non-hydrogen) atoms. The molecule has 0 unspecified atom stereocenters. The van der Waals surface area contributed by atoms with Gasteiger partial charge in [-0.15, -0.1) is 0 Å². The molecule has 0 saturated heterocycles. The number of hydrogen-bond acceptors (Lipinski definition) is 6. The van der Waals surface area contributed by atoms with Gasteiger partial charge < -0.3 is 30.0 Å². The van der Waals surface area contributed by atoms with Crippen molar-refractivity contribution in [2.75, 3.05) is 0 Å². The topological polar surface area (TPSA) is 127 Å². The fourth-order valence-corrected chi connectivity index (χ4v) is 7.74. The highest BCUT2D eigenvalue weighted by atomic mass is 16.5. The molecule has 2 aliphatic rings.